The maximum Gasteiger partial charge on any atom is 0.229 e. The molecule has 0 radical (unpaired) electrons. The van der Waals surface area contributed by atoms with E-state index >= 15 is 0 Å². The van der Waals surface area contributed by atoms with Crippen LogP contribution in [0.25, 0.3) is 0 Å². The number of terminal acetylenes is 1. The van der Waals surface area contributed by atoms with Crippen molar-refractivity contribution in [2.24, 2.45) is 11.8 Å². The van der Waals surface area contributed by atoms with Crippen LogP contribution in [-0.2, 0) is 17.6 Å². The number of aryl methyl sites for hydroxylation is 1. The molecule has 24 heavy (non-hydrogen) atoms. The molecule has 1 aromatic heterocycles. The zero-order chi connectivity index (χ0) is 16.9. The van der Waals surface area contributed by atoms with E-state index in [0.29, 0.717) is 6.54 Å². The minimum atomic E-state index is 0.0905. The Morgan fingerprint density at radius 1 is 1.42 bits per heavy atom. The highest BCUT2D eigenvalue weighted by atomic mass is 32.1. The molecule has 0 saturated carbocycles. The fraction of sp³-hybridized carbons (Fsp3) is 0.684. The number of hydrogen-bond acceptors (Lipinski definition) is 4. The third-order valence-electron chi connectivity index (χ3n) is 5.24. The van der Waals surface area contributed by atoms with Crippen LogP contribution in [-0.4, -0.2) is 35.4 Å². The molecule has 4 nitrogen and oxygen atoms in total. The Morgan fingerprint density at radius 3 is 2.92 bits per heavy atom. The number of carbonyl (C=O) groups excluding carboxylic acids is 1. The molecular formula is C19H27N3OS. The van der Waals surface area contributed by atoms with Gasteiger partial charge in [0.2, 0.25) is 5.91 Å². The lowest BCUT2D eigenvalue weighted by Gasteiger charge is -2.29. The standard InChI is InChI=1S/C19H27N3OS/c1-3-5-14-6-7-16-17(13-14)24-19(20-16)21-18(23)15-8-11-22(10-4-2)12-9-15/h2,14-15H,3,5-13H2,1H3,(H,20,21,23)/t14-/m0/s1. The molecule has 1 fully saturated rings. The van der Waals surface area contributed by atoms with Crippen LogP contribution in [0.2, 0.25) is 0 Å². The Bertz CT molecular complexity index is 611. The van der Waals surface area contributed by atoms with E-state index in [4.69, 9.17) is 6.42 Å². The van der Waals surface area contributed by atoms with Gasteiger partial charge in [-0.2, -0.15) is 0 Å². The van der Waals surface area contributed by atoms with Gasteiger partial charge in [-0.3, -0.25) is 9.69 Å². The normalized spacial score (nSPS) is 21.9. The van der Waals surface area contributed by atoms with E-state index in [1.54, 1.807) is 11.3 Å². The lowest BCUT2D eigenvalue weighted by Crippen LogP contribution is -2.38. The topological polar surface area (TPSA) is 45.2 Å². The smallest absolute Gasteiger partial charge is 0.229 e. The summed E-state index contributed by atoms with van der Waals surface area (Å²) in [5, 5.41) is 3.87. The summed E-state index contributed by atoms with van der Waals surface area (Å²) in [7, 11) is 0. The molecule has 0 spiro atoms. The summed E-state index contributed by atoms with van der Waals surface area (Å²) in [5.41, 5.74) is 1.21. The Kier molecular flexibility index (Phi) is 5.91. The monoisotopic (exact) mass is 345 g/mol. The van der Waals surface area contributed by atoms with Crippen LogP contribution < -0.4 is 5.32 Å². The summed E-state index contributed by atoms with van der Waals surface area (Å²) in [5.74, 6) is 3.70. The number of rotatable bonds is 5. The SMILES string of the molecule is C#CCN1CCC(C(=O)Nc2nc3c(s2)C[C@@H](CCC)CC3)CC1. The van der Waals surface area contributed by atoms with E-state index < -0.39 is 0 Å². The van der Waals surface area contributed by atoms with Crippen LogP contribution in [0.1, 0.15) is 49.6 Å². The number of thiazole rings is 1. The molecule has 5 heteroatoms. The number of nitrogens with one attached hydrogen (secondary N) is 1. The second kappa shape index (κ2) is 8.13. The van der Waals surface area contributed by atoms with Crippen LogP contribution in [0.3, 0.4) is 0 Å². The van der Waals surface area contributed by atoms with E-state index in [1.165, 1.54) is 29.8 Å². The van der Waals surface area contributed by atoms with Crippen molar-refractivity contribution in [1.82, 2.24) is 9.88 Å². The van der Waals surface area contributed by atoms with Crippen molar-refractivity contribution < 1.29 is 4.79 Å². The van der Waals surface area contributed by atoms with Gasteiger partial charge in [0.1, 0.15) is 0 Å². The lowest BCUT2D eigenvalue weighted by molar-refractivity contribution is -0.121. The fourth-order valence-electron chi connectivity index (χ4n) is 3.84. The van der Waals surface area contributed by atoms with Crippen molar-refractivity contribution in [2.75, 3.05) is 25.0 Å². The van der Waals surface area contributed by atoms with Gasteiger partial charge in [0.05, 0.1) is 12.2 Å². The Labute approximate surface area is 149 Å². The molecule has 1 aromatic rings. The lowest BCUT2D eigenvalue weighted by atomic mass is 9.88. The van der Waals surface area contributed by atoms with E-state index in [1.807, 2.05) is 0 Å². The zero-order valence-electron chi connectivity index (χ0n) is 14.5. The second-order valence-corrected chi connectivity index (χ2v) is 8.11. The van der Waals surface area contributed by atoms with E-state index in [9.17, 15) is 4.79 Å². The molecular weight excluding hydrogens is 318 g/mol. The van der Waals surface area contributed by atoms with Crippen LogP contribution in [0.5, 0.6) is 0 Å². The van der Waals surface area contributed by atoms with Gasteiger partial charge in [-0.15, -0.1) is 17.8 Å². The number of anilines is 1. The van der Waals surface area contributed by atoms with Gasteiger partial charge in [-0.05, 0) is 51.1 Å². The van der Waals surface area contributed by atoms with Crippen LogP contribution in [0.4, 0.5) is 5.13 Å². The van der Waals surface area contributed by atoms with Crippen molar-refractivity contribution in [3.8, 4) is 12.3 Å². The van der Waals surface area contributed by atoms with Crippen LogP contribution in [0, 0.1) is 24.2 Å². The van der Waals surface area contributed by atoms with E-state index in [0.717, 1.165) is 49.8 Å². The van der Waals surface area contributed by atoms with E-state index in [2.05, 4.69) is 28.0 Å². The van der Waals surface area contributed by atoms with Gasteiger partial charge in [-0.1, -0.05) is 25.7 Å². The third kappa shape index (κ3) is 4.17. The largest absolute Gasteiger partial charge is 0.302 e. The molecule has 130 valence electrons. The Hall–Kier alpha value is -1.38. The quantitative estimate of drug-likeness (QED) is 0.833. The molecule has 2 aliphatic rings. The van der Waals surface area contributed by atoms with Crippen molar-refractivity contribution in [3.63, 3.8) is 0 Å². The van der Waals surface area contributed by atoms with Crippen LogP contribution in [0.15, 0.2) is 0 Å². The highest BCUT2D eigenvalue weighted by Crippen LogP contribution is 2.34. The Morgan fingerprint density at radius 2 is 2.21 bits per heavy atom. The first kappa shape index (κ1) is 17.4. The minimum absolute atomic E-state index is 0.0905. The first-order valence-electron chi connectivity index (χ1n) is 9.14. The Balaban J connectivity index is 1.54. The van der Waals surface area contributed by atoms with Gasteiger partial charge in [0, 0.05) is 10.8 Å². The number of amides is 1. The summed E-state index contributed by atoms with van der Waals surface area (Å²) in [4.78, 5) is 20.8. The number of likely N-dealkylation sites (tertiary alicyclic amines) is 1. The van der Waals surface area contributed by atoms with Crippen LogP contribution >= 0.6 is 11.3 Å². The molecule has 1 amide bonds. The summed E-state index contributed by atoms with van der Waals surface area (Å²) in [6.45, 7) is 4.76. The molecule has 1 atom stereocenters. The zero-order valence-corrected chi connectivity index (χ0v) is 15.3. The number of nitrogens with zero attached hydrogens (tertiary/aromatic N) is 2. The minimum Gasteiger partial charge on any atom is -0.302 e. The molecule has 1 aliphatic heterocycles. The molecule has 0 aromatic carbocycles. The maximum absolute atomic E-state index is 12.5. The fourth-order valence-corrected chi connectivity index (χ4v) is 4.97. The van der Waals surface area contributed by atoms with Crippen molar-refractivity contribution in [3.05, 3.63) is 10.6 Å². The summed E-state index contributed by atoms with van der Waals surface area (Å²) in [6.07, 6.45) is 13.1. The third-order valence-corrected chi connectivity index (χ3v) is 6.28. The van der Waals surface area contributed by atoms with Gasteiger partial charge < -0.3 is 5.32 Å². The average molecular weight is 346 g/mol. The number of carbonyl (C=O) groups is 1. The van der Waals surface area contributed by atoms with Gasteiger partial charge in [0.25, 0.3) is 0 Å². The first-order valence-corrected chi connectivity index (χ1v) is 9.96. The molecule has 3 rings (SSSR count). The van der Waals surface area contributed by atoms with Gasteiger partial charge in [-0.25, -0.2) is 4.98 Å². The number of fused-ring (bicyclic) bond motifs is 1. The van der Waals surface area contributed by atoms with Gasteiger partial charge in [0.15, 0.2) is 5.13 Å². The maximum atomic E-state index is 12.5. The second-order valence-electron chi connectivity index (χ2n) is 7.03. The molecule has 1 aliphatic carbocycles. The van der Waals surface area contributed by atoms with Crippen molar-refractivity contribution >= 4 is 22.4 Å². The highest BCUT2D eigenvalue weighted by Gasteiger charge is 2.27. The van der Waals surface area contributed by atoms with Crippen molar-refractivity contribution in [1.29, 1.82) is 0 Å². The van der Waals surface area contributed by atoms with Gasteiger partial charge >= 0.3 is 0 Å². The van der Waals surface area contributed by atoms with E-state index in [-0.39, 0.29) is 11.8 Å². The molecule has 0 bridgehead atoms. The number of hydrogen-bond donors (Lipinski definition) is 1. The molecule has 1 N–H and O–H groups in total. The summed E-state index contributed by atoms with van der Waals surface area (Å²) in [6, 6.07) is 0. The first-order chi connectivity index (χ1) is 11.7. The predicted octanol–water partition coefficient (Wildman–Crippen LogP) is 3.33. The average Bonchev–Trinajstić information content (AvgIpc) is 2.97. The predicted molar refractivity (Wildman–Crippen MR) is 99.2 cm³/mol. The number of aromatic nitrogens is 1. The van der Waals surface area contributed by atoms with Crippen molar-refractivity contribution in [2.45, 2.75) is 51.9 Å². The summed E-state index contributed by atoms with van der Waals surface area (Å²) >= 11 is 1.69. The summed E-state index contributed by atoms with van der Waals surface area (Å²) < 4.78 is 0. The highest BCUT2D eigenvalue weighted by molar-refractivity contribution is 7.15. The number of piperidine rings is 1. The molecule has 1 saturated heterocycles. The molecule has 0 unspecified atom stereocenters. The molecule has 2 heterocycles.